The lowest BCUT2D eigenvalue weighted by molar-refractivity contribution is -0.177. The summed E-state index contributed by atoms with van der Waals surface area (Å²) in [5, 5.41) is 0. The van der Waals surface area contributed by atoms with Gasteiger partial charge in [0.1, 0.15) is 23.6 Å². The zero-order chi connectivity index (χ0) is 18.1. The standard InChI is InChI=1S/C17H18F4O3/c1-10(2)16(9-12(22)8-15(23)24-16)6-5-11-3-4-14(18)13(7-11)17(19,20)21/h3-4,7,10H,5-6,8-9H2,1-2H3. The van der Waals surface area contributed by atoms with E-state index >= 15 is 0 Å². The maximum absolute atomic E-state index is 13.3. The molecule has 1 aromatic carbocycles. The molecule has 24 heavy (non-hydrogen) atoms. The van der Waals surface area contributed by atoms with E-state index in [0.717, 1.165) is 12.1 Å². The average Bonchev–Trinajstić information content (AvgIpc) is 2.44. The van der Waals surface area contributed by atoms with Crippen LogP contribution in [0.25, 0.3) is 0 Å². The molecule has 0 aromatic heterocycles. The summed E-state index contributed by atoms with van der Waals surface area (Å²) in [6, 6.07) is 2.80. The average molecular weight is 346 g/mol. The van der Waals surface area contributed by atoms with E-state index < -0.39 is 29.1 Å². The highest BCUT2D eigenvalue weighted by atomic mass is 19.4. The maximum Gasteiger partial charge on any atom is 0.419 e. The first-order valence-electron chi connectivity index (χ1n) is 7.63. The third-order valence-electron chi connectivity index (χ3n) is 4.38. The molecule has 3 nitrogen and oxygen atoms in total. The number of ether oxygens (including phenoxy) is 1. The van der Waals surface area contributed by atoms with Crippen LogP contribution in [-0.2, 0) is 26.9 Å². The molecule has 1 fully saturated rings. The van der Waals surface area contributed by atoms with E-state index in [1.54, 1.807) is 13.8 Å². The van der Waals surface area contributed by atoms with Crippen molar-refractivity contribution in [2.75, 3.05) is 0 Å². The Kier molecular flexibility index (Phi) is 5.01. The first-order valence-corrected chi connectivity index (χ1v) is 7.63. The van der Waals surface area contributed by atoms with Crippen molar-refractivity contribution in [2.24, 2.45) is 5.92 Å². The van der Waals surface area contributed by atoms with Crippen molar-refractivity contribution < 1.29 is 31.9 Å². The van der Waals surface area contributed by atoms with Crippen LogP contribution in [0.15, 0.2) is 18.2 Å². The van der Waals surface area contributed by atoms with Gasteiger partial charge in [-0.1, -0.05) is 19.9 Å². The lowest BCUT2D eigenvalue weighted by Crippen LogP contribution is -2.47. The van der Waals surface area contributed by atoms with Gasteiger partial charge in [-0.25, -0.2) is 4.39 Å². The molecule has 1 aromatic rings. The summed E-state index contributed by atoms with van der Waals surface area (Å²) in [4.78, 5) is 23.3. The van der Waals surface area contributed by atoms with Crippen molar-refractivity contribution in [3.05, 3.63) is 35.1 Å². The molecule has 1 aliphatic heterocycles. The van der Waals surface area contributed by atoms with Crippen LogP contribution < -0.4 is 0 Å². The number of halogens is 4. The summed E-state index contributed by atoms with van der Waals surface area (Å²) in [6.07, 6.45) is -4.66. The van der Waals surface area contributed by atoms with Gasteiger partial charge in [-0.05, 0) is 36.5 Å². The minimum absolute atomic E-state index is 0.0454. The van der Waals surface area contributed by atoms with Crippen LogP contribution in [0.1, 0.15) is 44.2 Å². The van der Waals surface area contributed by atoms with Crippen LogP contribution in [-0.4, -0.2) is 17.4 Å². The number of carbonyl (C=O) groups excluding carboxylic acids is 2. The number of carbonyl (C=O) groups is 2. The molecule has 1 atom stereocenters. The Morgan fingerprint density at radius 3 is 2.46 bits per heavy atom. The number of ketones is 1. The number of benzene rings is 1. The van der Waals surface area contributed by atoms with Gasteiger partial charge >= 0.3 is 12.1 Å². The fraction of sp³-hybridized carbons (Fsp3) is 0.529. The quantitative estimate of drug-likeness (QED) is 0.469. The van der Waals surface area contributed by atoms with Crippen molar-refractivity contribution in [1.29, 1.82) is 0 Å². The minimum atomic E-state index is -4.77. The molecule has 0 spiro atoms. The van der Waals surface area contributed by atoms with Crippen molar-refractivity contribution in [3.63, 3.8) is 0 Å². The summed E-state index contributed by atoms with van der Waals surface area (Å²) < 4.78 is 57.1. The molecule has 0 amide bonds. The van der Waals surface area contributed by atoms with Gasteiger partial charge < -0.3 is 4.74 Å². The maximum atomic E-state index is 13.3. The summed E-state index contributed by atoms with van der Waals surface area (Å²) in [7, 11) is 0. The normalized spacial score (nSPS) is 22.0. The smallest absolute Gasteiger partial charge is 0.419 e. The van der Waals surface area contributed by atoms with E-state index in [0.29, 0.717) is 0 Å². The second-order valence-electron chi connectivity index (χ2n) is 6.40. The lowest BCUT2D eigenvalue weighted by atomic mass is 9.78. The van der Waals surface area contributed by atoms with Crippen LogP contribution in [0.4, 0.5) is 17.6 Å². The lowest BCUT2D eigenvalue weighted by Gasteiger charge is -2.39. The molecule has 0 aliphatic carbocycles. The SMILES string of the molecule is CC(C)C1(CCc2ccc(F)c(C(F)(F)F)c2)CC(=O)CC(=O)O1. The fourth-order valence-electron chi connectivity index (χ4n) is 2.91. The van der Waals surface area contributed by atoms with E-state index in [2.05, 4.69) is 0 Å². The fourth-order valence-corrected chi connectivity index (χ4v) is 2.91. The van der Waals surface area contributed by atoms with Crippen molar-refractivity contribution in [2.45, 2.75) is 51.3 Å². The Hall–Kier alpha value is -1.92. The van der Waals surface area contributed by atoms with Gasteiger partial charge in [-0.15, -0.1) is 0 Å². The third kappa shape index (κ3) is 3.94. The Bertz CT molecular complexity index is 634. The number of alkyl halides is 3. The number of aryl methyl sites for hydroxylation is 1. The zero-order valence-electron chi connectivity index (χ0n) is 13.4. The summed E-state index contributed by atoms with van der Waals surface area (Å²) in [5.74, 6) is -2.36. The zero-order valence-corrected chi connectivity index (χ0v) is 13.4. The summed E-state index contributed by atoms with van der Waals surface area (Å²) in [5.41, 5.74) is -2.08. The topological polar surface area (TPSA) is 43.4 Å². The molecule has 7 heteroatoms. The van der Waals surface area contributed by atoms with Gasteiger partial charge in [0.2, 0.25) is 0 Å². The molecular weight excluding hydrogens is 328 g/mol. The van der Waals surface area contributed by atoms with Gasteiger partial charge in [-0.2, -0.15) is 13.2 Å². The first kappa shape index (κ1) is 18.4. The molecule has 0 N–H and O–H groups in total. The molecular formula is C17H18F4O3. The predicted octanol–water partition coefficient (Wildman–Crippen LogP) is 4.08. The second-order valence-corrected chi connectivity index (χ2v) is 6.40. The molecule has 0 saturated carbocycles. The number of rotatable bonds is 4. The Morgan fingerprint density at radius 2 is 1.92 bits per heavy atom. The van der Waals surface area contributed by atoms with Crippen LogP contribution in [0.2, 0.25) is 0 Å². The van der Waals surface area contributed by atoms with Gasteiger partial charge in [-0.3, -0.25) is 9.59 Å². The third-order valence-corrected chi connectivity index (χ3v) is 4.38. The molecule has 2 rings (SSSR count). The van der Waals surface area contributed by atoms with Gasteiger partial charge in [0, 0.05) is 6.42 Å². The molecule has 1 unspecified atom stereocenters. The highest BCUT2D eigenvalue weighted by molar-refractivity contribution is 5.98. The molecule has 1 aliphatic rings. The number of hydrogen-bond donors (Lipinski definition) is 0. The van der Waals surface area contributed by atoms with Gasteiger partial charge in [0.05, 0.1) is 5.56 Å². The van der Waals surface area contributed by atoms with Gasteiger partial charge in [0.25, 0.3) is 0 Å². The number of hydrogen-bond acceptors (Lipinski definition) is 3. The second kappa shape index (κ2) is 6.53. The van der Waals surface area contributed by atoms with Crippen LogP contribution >= 0.6 is 0 Å². The molecule has 1 saturated heterocycles. The van der Waals surface area contributed by atoms with Crippen LogP contribution in [0.3, 0.4) is 0 Å². The highest BCUT2D eigenvalue weighted by Gasteiger charge is 2.43. The Labute approximate surface area is 137 Å². The van der Waals surface area contributed by atoms with Crippen LogP contribution in [0, 0.1) is 11.7 Å². The van der Waals surface area contributed by atoms with Crippen LogP contribution in [0.5, 0.6) is 0 Å². The number of esters is 1. The van der Waals surface area contributed by atoms with Gasteiger partial charge in [0.15, 0.2) is 0 Å². The molecule has 0 radical (unpaired) electrons. The van der Waals surface area contributed by atoms with Crippen molar-refractivity contribution in [1.82, 2.24) is 0 Å². The predicted molar refractivity (Wildman–Crippen MR) is 77.6 cm³/mol. The number of Topliss-reactive ketones (excluding diaryl/α,β-unsaturated/α-hetero) is 1. The van der Waals surface area contributed by atoms with E-state index in [1.807, 2.05) is 0 Å². The van der Waals surface area contributed by atoms with Crippen molar-refractivity contribution in [3.8, 4) is 0 Å². The van der Waals surface area contributed by atoms with E-state index in [-0.39, 0.29) is 42.9 Å². The first-order chi connectivity index (χ1) is 11.0. The Morgan fingerprint density at radius 1 is 1.25 bits per heavy atom. The minimum Gasteiger partial charge on any atom is -0.458 e. The molecule has 1 heterocycles. The monoisotopic (exact) mass is 346 g/mol. The molecule has 132 valence electrons. The summed E-state index contributed by atoms with van der Waals surface area (Å²) in [6.45, 7) is 3.58. The summed E-state index contributed by atoms with van der Waals surface area (Å²) >= 11 is 0. The van der Waals surface area contributed by atoms with Crippen molar-refractivity contribution >= 4 is 11.8 Å². The number of cyclic esters (lactones) is 1. The highest BCUT2D eigenvalue weighted by Crippen LogP contribution is 2.37. The van der Waals surface area contributed by atoms with E-state index in [4.69, 9.17) is 4.74 Å². The molecule has 0 bridgehead atoms. The largest absolute Gasteiger partial charge is 0.458 e. The van der Waals surface area contributed by atoms with E-state index in [1.165, 1.54) is 6.07 Å². The Balaban J connectivity index is 2.22. The van der Waals surface area contributed by atoms with E-state index in [9.17, 15) is 27.2 Å².